The fraction of sp³-hybridized carbons (Fsp3) is 0.800. The van der Waals surface area contributed by atoms with E-state index in [9.17, 15) is 0 Å². The van der Waals surface area contributed by atoms with Gasteiger partial charge in [-0.2, -0.15) is 0 Å². The Morgan fingerprint density at radius 1 is 1.58 bits per heavy atom. The Morgan fingerprint density at radius 3 is 2.83 bits per heavy atom. The van der Waals surface area contributed by atoms with Gasteiger partial charge in [0, 0.05) is 0 Å². The van der Waals surface area contributed by atoms with E-state index in [2.05, 4.69) is 13.8 Å². The summed E-state index contributed by atoms with van der Waals surface area (Å²) in [6.45, 7) is 5.15. The zero-order valence-electron chi connectivity index (χ0n) is 7.95. The minimum atomic E-state index is 0.290. The van der Waals surface area contributed by atoms with E-state index in [1.807, 2.05) is 12.3 Å². The van der Waals surface area contributed by atoms with Crippen LogP contribution in [0, 0.1) is 0 Å². The van der Waals surface area contributed by atoms with E-state index < -0.39 is 0 Å². The van der Waals surface area contributed by atoms with Crippen molar-refractivity contribution < 1.29 is 9.47 Å². The molecule has 0 amide bonds. The molecule has 1 rings (SSSR count). The predicted octanol–water partition coefficient (Wildman–Crippen LogP) is 2.49. The van der Waals surface area contributed by atoms with Gasteiger partial charge in [0.15, 0.2) is 0 Å². The normalized spacial score (nSPS) is 24.3. The molecular weight excluding hydrogens is 152 g/mol. The molecule has 2 atom stereocenters. The van der Waals surface area contributed by atoms with Crippen LogP contribution in [-0.4, -0.2) is 18.8 Å². The van der Waals surface area contributed by atoms with Crippen LogP contribution in [0.2, 0.25) is 0 Å². The maximum atomic E-state index is 5.54. The molecule has 0 spiro atoms. The van der Waals surface area contributed by atoms with Crippen LogP contribution < -0.4 is 0 Å². The van der Waals surface area contributed by atoms with Crippen molar-refractivity contribution in [2.45, 2.75) is 45.3 Å². The summed E-state index contributed by atoms with van der Waals surface area (Å²) in [5.41, 5.74) is 0. The molecule has 2 nitrogen and oxygen atoms in total. The molecule has 0 radical (unpaired) electrons. The van der Waals surface area contributed by atoms with Gasteiger partial charge < -0.3 is 9.47 Å². The summed E-state index contributed by atoms with van der Waals surface area (Å²) in [6.07, 6.45) is 7.78. The van der Waals surface area contributed by atoms with Crippen LogP contribution in [-0.2, 0) is 9.47 Å². The average Bonchev–Trinajstić information content (AvgIpc) is 2.86. The molecule has 0 aromatic heterocycles. The number of hydrogen-bond acceptors (Lipinski definition) is 2. The molecule has 1 aliphatic rings. The summed E-state index contributed by atoms with van der Waals surface area (Å²) in [5.74, 6) is 0. The highest BCUT2D eigenvalue weighted by molar-refractivity contribution is 4.83. The van der Waals surface area contributed by atoms with Gasteiger partial charge in [0.05, 0.1) is 12.9 Å². The zero-order chi connectivity index (χ0) is 8.81. The van der Waals surface area contributed by atoms with Crippen molar-refractivity contribution in [1.29, 1.82) is 0 Å². The Balaban J connectivity index is 2.18. The summed E-state index contributed by atoms with van der Waals surface area (Å²) in [5, 5.41) is 0. The van der Waals surface area contributed by atoms with Crippen LogP contribution in [0.4, 0.5) is 0 Å². The summed E-state index contributed by atoms with van der Waals surface area (Å²) in [6, 6.07) is 0. The highest BCUT2D eigenvalue weighted by atomic mass is 16.6. The number of rotatable bonds is 6. The first-order valence-corrected chi connectivity index (χ1v) is 4.80. The molecule has 0 N–H and O–H groups in total. The molecule has 1 aliphatic heterocycles. The van der Waals surface area contributed by atoms with Gasteiger partial charge in [-0.25, -0.2) is 0 Å². The molecule has 1 heterocycles. The Hall–Kier alpha value is -0.500. The fourth-order valence-corrected chi connectivity index (χ4v) is 1.15. The van der Waals surface area contributed by atoms with Crippen molar-refractivity contribution in [3.63, 3.8) is 0 Å². The monoisotopic (exact) mass is 170 g/mol. The Morgan fingerprint density at radius 2 is 2.33 bits per heavy atom. The number of hydrogen-bond donors (Lipinski definition) is 0. The second-order valence-electron chi connectivity index (χ2n) is 3.12. The topological polar surface area (TPSA) is 21.8 Å². The average molecular weight is 170 g/mol. The van der Waals surface area contributed by atoms with Crippen LogP contribution in [0.25, 0.3) is 0 Å². The highest BCUT2D eigenvalue weighted by Crippen LogP contribution is 2.21. The molecule has 0 bridgehead atoms. The molecule has 2 unspecified atom stereocenters. The van der Waals surface area contributed by atoms with E-state index in [0.717, 1.165) is 25.9 Å². The summed E-state index contributed by atoms with van der Waals surface area (Å²) < 4.78 is 10.7. The predicted molar refractivity (Wildman–Crippen MR) is 49.0 cm³/mol. The molecular formula is C10H18O2. The summed E-state index contributed by atoms with van der Waals surface area (Å²) in [4.78, 5) is 0. The van der Waals surface area contributed by atoms with Gasteiger partial charge in [0.25, 0.3) is 0 Å². The quantitative estimate of drug-likeness (QED) is 0.451. The van der Waals surface area contributed by atoms with Crippen molar-refractivity contribution in [3.05, 3.63) is 12.3 Å². The Bertz CT molecular complexity index is 139. The maximum absolute atomic E-state index is 5.54. The van der Waals surface area contributed by atoms with Crippen LogP contribution in [0.15, 0.2) is 12.3 Å². The largest absolute Gasteiger partial charge is 0.496 e. The number of allylic oxidation sites excluding steroid dienone is 1. The van der Waals surface area contributed by atoms with Crippen molar-refractivity contribution in [2.75, 3.05) is 6.61 Å². The molecule has 0 aliphatic carbocycles. The van der Waals surface area contributed by atoms with Crippen LogP contribution in [0.5, 0.6) is 0 Å². The van der Waals surface area contributed by atoms with Gasteiger partial charge in [0.2, 0.25) is 0 Å². The minimum Gasteiger partial charge on any atom is -0.496 e. The van der Waals surface area contributed by atoms with Gasteiger partial charge in [-0.15, -0.1) is 0 Å². The molecule has 0 aromatic carbocycles. The fourth-order valence-electron chi connectivity index (χ4n) is 1.15. The Kier molecular flexibility index (Phi) is 4.15. The van der Waals surface area contributed by atoms with Crippen molar-refractivity contribution in [2.24, 2.45) is 0 Å². The van der Waals surface area contributed by atoms with Gasteiger partial charge in [0.1, 0.15) is 12.2 Å². The third-order valence-electron chi connectivity index (χ3n) is 1.93. The maximum Gasteiger partial charge on any atom is 0.126 e. The lowest BCUT2D eigenvalue weighted by Crippen LogP contribution is -2.16. The van der Waals surface area contributed by atoms with E-state index in [1.54, 1.807) is 0 Å². The molecule has 12 heavy (non-hydrogen) atoms. The van der Waals surface area contributed by atoms with Crippen LogP contribution in [0.3, 0.4) is 0 Å². The molecule has 2 heteroatoms. The zero-order valence-corrected chi connectivity index (χ0v) is 7.95. The first kappa shape index (κ1) is 9.59. The van der Waals surface area contributed by atoms with E-state index in [1.165, 1.54) is 0 Å². The SMILES string of the molecule is CC/C=C/OC(CCC)C1CO1. The molecule has 1 saturated heterocycles. The van der Waals surface area contributed by atoms with E-state index in [4.69, 9.17) is 9.47 Å². The van der Waals surface area contributed by atoms with Crippen molar-refractivity contribution in [1.82, 2.24) is 0 Å². The van der Waals surface area contributed by atoms with Crippen molar-refractivity contribution in [3.8, 4) is 0 Å². The van der Waals surface area contributed by atoms with Crippen LogP contribution >= 0.6 is 0 Å². The lowest BCUT2D eigenvalue weighted by molar-refractivity contribution is 0.102. The highest BCUT2D eigenvalue weighted by Gasteiger charge is 2.32. The smallest absolute Gasteiger partial charge is 0.126 e. The van der Waals surface area contributed by atoms with E-state index in [0.29, 0.717) is 6.10 Å². The second kappa shape index (κ2) is 5.20. The van der Waals surface area contributed by atoms with Crippen LogP contribution in [0.1, 0.15) is 33.1 Å². The number of epoxide rings is 1. The van der Waals surface area contributed by atoms with Gasteiger partial charge in [-0.3, -0.25) is 0 Å². The second-order valence-corrected chi connectivity index (χ2v) is 3.12. The van der Waals surface area contributed by atoms with E-state index >= 15 is 0 Å². The van der Waals surface area contributed by atoms with E-state index in [-0.39, 0.29) is 6.10 Å². The Labute approximate surface area is 74.6 Å². The number of ether oxygens (including phenoxy) is 2. The first-order chi connectivity index (χ1) is 5.88. The standard InChI is InChI=1S/C10H18O2/c1-3-5-7-11-9(6-4-2)10-8-12-10/h5,7,9-10H,3-4,6,8H2,1-2H3/b7-5+. The molecule has 1 fully saturated rings. The van der Waals surface area contributed by atoms with Gasteiger partial charge in [-0.1, -0.05) is 26.3 Å². The van der Waals surface area contributed by atoms with Gasteiger partial charge in [-0.05, 0) is 12.8 Å². The van der Waals surface area contributed by atoms with Crippen molar-refractivity contribution >= 4 is 0 Å². The molecule has 0 aromatic rings. The van der Waals surface area contributed by atoms with Gasteiger partial charge >= 0.3 is 0 Å². The minimum absolute atomic E-state index is 0.290. The molecule has 0 saturated carbocycles. The lowest BCUT2D eigenvalue weighted by Gasteiger charge is -2.12. The third kappa shape index (κ3) is 3.26. The lowest BCUT2D eigenvalue weighted by atomic mass is 10.1. The summed E-state index contributed by atoms with van der Waals surface area (Å²) >= 11 is 0. The first-order valence-electron chi connectivity index (χ1n) is 4.80. The molecule has 70 valence electrons. The summed E-state index contributed by atoms with van der Waals surface area (Å²) in [7, 11) is 0. The third-order valence-corrected chi connectivity index (χ3v) is 1.93.